The number of fused-ring (bicyclic) bond motifs is 1. The van der Waals surface area contributed by atoms with Crippen molar-refractivity contribution in [3.8, 4) is 5.75 Å². The van der Waals surface area contributed by atoms with Gasteiger partial charge < -0.3 is 14.5 Å². The van der Waals surface area contributed by atoms with Crippen molar-refractivity contribution in [1.82, 2.24) is 9.80 Å². The molecule has 2 aromatic rings. The van der Waals surface area contributed by atoms with Crippen LogP contribution >= 0.6 is 0 Å². The SMILES string of the molecule is CC1(C)Oc2ccccc2N(CCC(=O)N2CCN(Cc3ccccc3)CC2)C1=O. The van der Waals surface area contributed by atoms with Gasteiger partial charge in [0.05, 0.1) is 5.69 Å². The normalized spacial score (nSPS) is 18.7. The van der Waals surface area contributed by atoms with Crippen LogP contribution in [-0.4, -0.2) is 59.9 Å². The summed E-state index contributed by atoms with van der Waals surface area (Å²) >= 11 is 0. The van der Waals surface area contributed by atoms with Crippen LogP contribution in [0.25, 0.3) is 0 Å². The summed E-state index contributed by atoms with van der Waals surface area (Å²) in [5.41, 5.74) is 1.10. The smallest absolute Gasteiger partial charge is 0.270 e. The van der Waals surface area contributed by atoms with Gasteiger partial charge in [0.25, 0.3) is 5.91 Å². The summed E-state index contributed by atoms with van der Waals surface area (Å²) in [5.74, 6) is 0.676. The summed E-state index contributed by atoms with van der Waals surface area (Å²) in [7, 11) is 0. The Labute approximate surface area is 178 Å². The third kappa shape index (κ3) is 4.33. The van der Waals surface area contributed by atoms with E-state index in [0.29, 0.717) is 18.7 Å². The van der Waals surface area contributed by atoms with Gasteiger partial charge in [-0.2, -0.15) is 0 Å². The number of carbonyl (C=O) groups excluding carboxylic acids is 2. The fourth-order valence-corrected chi connectivity index (χ4v) is 4.10. The highest BCUT2D eigenvalue weighted by Gasteiger charge is 2.40. The largest absolute Gasteiger partial charge is 0.476 e. The molecule has 2 heterocycles. The molecule has 2 aliphatic heterocycles. The molecule has 2 aromatic carbocycles. The fraction of sp³-hybridized carbons (Fsp3) is 0.417. The van der Waals surface area contributed by atoms with Crippen molar-refractivity contribution >= 4 is 17.5 Å². The van der Waals surface area contributed by atoms with E-state index in [2.05, 4.69) is 29.2 Å². The number of anilines is 1. The number of ether oxygens (including phenoxy) is 1. The zero-order valence-corrected chi connectivity index (χ0v) is 17.7. The van der Waals surface area contributed by atoms with E-state index in [1.54, 1.807) is 18.7 Å². The van der Waals surface area contributed by atoms with E-state index in [-0.39, 0.29) is 11.8 Å². The number of para-hydroxylation sites is 2. The molecule has 0 N–H and O–H groups in total. The van der Waals surface area contributed by atoms with E-state index >= 15 is 0 Å². The molecule has 0 atom stereocenters. The number of hydrogen-bond acceptors (Lipinski definition) is 4. The molecule has 0 spiro atoms. The minimum atomic E-state index is -0.930. The molecular weight excluding hydrogens is 378 g/mol. The van der Waals surface area contributed by atoms with Crippen LogP contribution in [0.5, 0.6) is 5.75 Å². The Kier molecular flexibility index (Phi) is 5.77. The molecule has 1 saturated heterocycles. The van der Waals surface area contributed by atoms with Crippen LogP contribution < -0.4 is 9.64 Å². The molecule has 6 heteroatoms. The maximum atomic E-state index is 12.9. The summed E-state index contributed by atoms with van der Waals surface area (Å²) in [5, 5.41) is 0. The van der Waals surface area contributed by atoms with E-state index in [1.807, 2.05) is 35.2 Å². The van der Waals surface area contributed by atoms with E-state index in [1.165, 1.54) is 5.56 Å². The van der Waals surface area contributed by atoms with Crippen molar-refractivity contribution in [2.75, 3.05) is 37.6 Å². The minimum Gasteiger partial charge on any atom is -0.476 e. The van der Waals surface area contributed by atoms with E-state index < -0.39 is 5.60 Å². The Morgan fingerprint density at radius 1 is 0.967 bits per heavy atom. The van der Waals surface area contributed by atoms with Gasteiger partial charge in [-0.3, -0.25) is 14.5 Å². The quantitative estimate of drug-likeness (QED) is 0.765. The molecule has 4 rings (SSSR count). The van der Waals surface area contributed by atoms with Gasteiger partial charge in [0.15, 0.2) is 5.60 Å². The van der Waals surface area contributed by atoms with Gasteiger partial charge in [0, 0.05) is 45.7 Å². The van der Waals surface area contributed by atoms with Gasteiger partial charge in [-0.1, -0.05) is 42.5 Å². The monoisotopic (exact) mass is 407 g/mol. The number of nitrogens with zero attached hydrogens (tertiary/aromatic N) is 3. The zero-order chi connectivity index (χ0) is 21.1. The highest BCUT2D eigenvalue weighted by atomic mass is 16.5. The minimum absolute atomic E-state index is 0.101. The van der Waals surface area contributed by atoms with Gasteiger partial charge in [-0.25, -0.2) is 0 Å². The molecule has 30 heavy (non-hydrogen) atoms. The topological polar surface area (TPSA) is 53.1 Å². The second kappa shape index (κ2) is 8.48. The van der Waals surface area contributed by atoms with E-state index in [0.717, 1.165) is 38.4 Å². The molecule has 1 fully saturated rings. The van der Waals surface area contributed by atoms with Crippen LogP contribution in [0.2, 0.25) is 0 Å². The molecular formula is C24H29N3O3. The van der Waals surface area contributed by atoms with Gasteiger partial charge in [0.2, 0.25) is 5.91 Å². The van der Waals surface area contributed by atoms with Crippen LogP contribution in [0.4, 0.5) is 5.69 Å². The molecule has 0 aromatic heterocycles. The van der Waals surface area contributed by atoms with Crippen molar-refractivity contribution < 1.29 is 14.3 Å². The number of carbonyl (C=O) groups is 2. The highest BCUT2D eigenvalue weighted by Crippen LogP contribution is 2.37. The Balaban J connectivity index is 1.32. The summed E-state index contributed by atoms with van der Waals surface area (Å²) < 4.78 is 5.85. The first-order valence-electron chi connectivity index (χ1n) is 10.6. The van der Waals surface area contributed by atoms with Crippen LogP contribution in [0.1, 0.15) is 25.8 Å². The second-order valence-electron chi connectivity index (χ2n) is 8.43. The van der Waals surface area contributed by atoms with E-state index in [9.17, 15) is 9.59 Å². The molecule has 0 aliphatic carbocycles. The zero-order valence-electron chi connectivity index (χ0n) is 17.7. The molecule has 2 aliphatic rings. The van der Waals surface area contributed by atoms with Crippen molar-refractivity contribution in [2.45, 2.75) is 32.4 Å². The average Bonchev–Trinajstić information content (AvgIpc) is 2.75. The lowest BCUT2D eigenvalue weighted by Gasteiger charge is -2.39. The molecule has 0 saturated carbocycles. The third-order valence-corrected chi connectivity index (χ3v) is 5.80. The Bertz CT molecular complexity index is 905. The number of piperazine rings is 1. The standard InChI is InChI=1S/C24H29N3O3/c1-24(2)23(29)27(20-10-6-7-11-21(20)30-24)13-12-22(28)26-16-14-25(15-17-26)18-19-8-4-3-5-9-19/h3-11H,12-18H2,1-2H3. The Morgan fingerprint density at radius 3 is 2.37 bits per heavy atom. The Morgan fingerprint density at radius 2 is 1.63 bits per heavy atom. The number of amides is 2. The number of benzene rings is 2. The van der Waals surface area contributed by atoms with Crippen LogP contribution in [0, 0.1) is 0 Å². The molecule has 0 bridgehead atoms. The van der Waals surface area contributed by atoms with Gasteiger partial charge in [-0.15, -0.1) is 0 Å². The van der Waals surface area contributed by atoms with Gasteiger partial charge >= 0.3 is 0 Å². The lowest BCUT2D eigenvalue weighted by molar-refractivity contribution is -0.134. The predicted octanol–water partition coefficient (Wildman–Crippen LogP) is 2.93. The van der Waals surface area contributed by atoms with Crippen molar-refractivity contribution in [2.24, 2.45) is 0 Å². The summed E-state index contributed by atoms with van der Waals surface area (Å²) in [4.78, 5) is 31.7. The third-order valence-electron chi connectivity index (χ3n) is 5.80. The van der Waals surface area contributed by atoms with Crippen molar-refractivity contribution in [3.63, 3.8) is 0 Å². The van der Waals surface area contributed by atoms with Crippen LogP contribution in [0.15, 0.2) is 54.6 Å². The lowest BCUT2D eigenvalue weighted by atomic mass is 10.0. The first-order chi connectivity index (χ1) is 14.4. The molecule has 6 nitrogen and oxygen atoms in total. The van der Waals surface area contributed by atoms with Crippen LogP contribution in [-0.2, 0) is 16.1 Å². The molecule has 0 unspecified atom stereocenters. The van der Waals surface area contributed by atoms with Crippen molar-refractivity contribution in [1.29, 1.82) is 0 Å². The molecule has 0 radical (unpaired) electrons. The van der Waals surface area contributed by atoms with Crippen LogP contribution in [0.3, 0.4) is 0 Å². The van der Waals surface area contributed by atoms with Gasteiger partial charge in [0.1, 0.15) is 5.75 Å². The first kappa shape index (κ1) is 20.4. The fourth-order valence-electron chi connectivity index (χ4n) is 4.10. The maximum absolute atomic E-state index is 12.9. The summed E-state index contributed by atoms with van der Waals surface area (Å²) in [6.45, 7) is 8.01. The molecule has 158 valence electrons. The predicted molar refractivity (Wildman–Crippen MR) is 116 cm³/mol. The first-order valence-corrected chi connectivity index (χ1v) is 10.6. The second-order valence-corrected chi connectivity index (χ2v) is 8.43. The number of hydrogen-bond donors (Lipinski definition) is 0. The highest BCUT2D eigenvalue weighted by molar-refractivity contribution is 6.02. The molecule has 2 amide bonds. The van der Waals surface area contributed by atoms with Gasteiger partial charge in [-0.05, 0) is 31.5 Å². The van der Waals surface area contributed by atoms with E-state index in [4.69, 9.17) is 4.74 Å². The average molecular weight is 408 g/mol. The lowest BCUT2D eigenvalue weighted by Crippen LogP contribution is -2.53. The summed E-state index contributed by atoms with van der Waals surface area (Å²) in [6, 6.07) is 17.9. The Hall–Kier alpha value is -2.86. The summed E-state index contributed by atoms with van der Waals surface area (Å²) in [6.07, 6.45) is 0.314. The van der Waals surface area contributed by atoms with Crippen molar-refractivity contribution in [3.05, 3.63) is 60.2 Å². The maximum Gasteiger partial charge on any atom is 0.270 e. The number of rotatable bonds is 5.